The van der Waals surface area contributed by atoms with Gasteiger partial charge in [0.2, 0.25) is 5.91 Å². The molecule has 1 heterocycles. The number of benzene rings is 2. The highest BCUT2D eigenvalue weighted by molar-refractivity contribution is 5.97. The Labute approximate surface area is 182 Å². The van der Waals surface area contributed by atoms with E-state index in [-0.39, 0.29) is 35.1 Å². The first kappa shape index (κ1) is 22.5. The van der Waals surface area contributed by atoms with E-state index >= 15 is 0 Å². The van der Waals surface area contributed by atoms with Gasteiger partial charge in [-0.3, -0.25) is 29.8 Å². The number of carbonyl (C=O) groups is 2. The Morgan fingerprint density at radius 1 is 1.00 bits per heavy atom. The summed E-state index contributed by atoms with van der Waals surface area (Å²) in [5.74, 6) is -0.841. The molecule has 0 saturated carbocycles. The highest BCUT2D eigenvalue weighted by atomic mass is 16.6. The summed E-state index contributed by atoms with van der Waals surface area (Å²) in [4.78, 5) is 49.2. The molecule has 0 aromatic heterocycles. The first-order chi connectivity index (χ1) is 15.3. The average molecular weight is 443 g/mol. The van der Waals surface area contributed by atoms with Crippen LogP contribution in [0.15, 0.2) is 42.5 Å². The molecule has 12 heteroatoms. The Morgan fingerprint density at radius 2 is 1.66 bits per heavy atom. The molecule has 32 heavy (non-hydrogen) atoms. The van der Waals surface area contributed by atoms with Gasteiger partial charge in [0.1, 0.15) is 0 Å². The van der Waals surface area contributed by atoms with Crippen LogP contribution in [0, 0.1) is 20.2 Å². The Hall–Kier alpha value is -4.22. The molecule has 0 spiro atoms. The third kappa shape index (κ3) is 5.09. The van der Waals surface area contributed by atoms with Crippen LogP contribution in [0.4, 0.5) is 17.1 Å². The fourth-order valence-electron chi connectivity index (χ4n) is 3.34. The molecule has 1 aliphatic heterocycles. The van der Waals surface area contributed by atoms with Gasteiger partial charge in [0.05, 0.1) is 23.5 Å². The smallest absolute Gasteiger partial charge is 0.311 e. The maximum Gasteiger partial charge on any atom is 0.311 e. The number of anilines is 1. The number of nitro benzene ring substituents is 2. The minimum Gasteiger partial charge on any atom is -0.490 e. The van der Waals surface area contributed by atoms with Crippen LogP contribution in [0.2, 0.25) is 0 Å². The van der Waals surface area contributed by atoms with Crippen LogP contribution < -0.4 is 15.0 Å². The summed E-state index contributed by atoms with van der Waals surface area (Å²) in [6.07, 6.45) is 0. The molecular formula is C20H21N5O7. The molecule has 168 valence electrons. The highest BCUT2D eigenvalue weighted by Gasteiger charge is 2.23. The summed E-state index contributed by atoms with van der Waals surface area (Å²) < 4.78 is 4.91. The maximum atomic E-state index is 12.5. The monoisotopic (exact) mass is 443 g/mol. The molecule has 1 N–H and O–H groups in total. The number of nitro groups is 2. The Kier molecular flexibility index (Phi) is 6.83. The van der Waals surface area contributed by atoms with Gasteiger partial charge in [-0.1, -0.05) is 0 Å². The number of ether oxygens (including phenoxy) is 1. The lowest BCUT2D eigenvalue weighted by molar-refractivity contribution is -0.385. The number of nitrogens with one attached hydrogen (secondary N) is 1. The predicted molar refractivity (Wildman–Crippen MR) is 114 cm³/mol. The third-order valence-corrected chi connectivity index (χ3v) is 5.10. The first-order valence-electron chi connectivity index (χ1n) is 9.68. The van der Waals surface area contributed by atoms with Crippen molar-refractivity contribution in [2.45, 2.75) is 0 Å². The molecule has 1 fully saturated rings. The average Bonchev–Trinajstić information content (AvgIpc) is 2.82. The number of methoxy groups -OCH3 is 1. The van der Waals surface area contributed by atoms with Crippen LogP contribution in [0.25, 0.3) is 0 Å². The van der Waals surface area contributed by atoms with Crippen molar-refractivity contribution in [3.05, 3.63) is 68.3 Å². The lowest BCUT2D eigenvalue weighted by Gasteiger charge is -2.36. The Balaban J connectivity index is 1.52. The topological polar surface area (TPSA) is 148 Å². The van der Waals surface area contributed by atoms with E-state index in [9.17, 15) is 29.8 Å². The SMILES string of the molecule is COc1ccc(C(=O)NCC(=O)N2CCN(c3ccc([N+](=O)[O-])cc3)CC2)cc1[N+](=O)[O-]. The zero-order valence-electron chi connectivity index (χ0n) is 17.2. The minimum absolute atomic E-state index is 0.0143. The molecule has 2 aromatic rings. The maximum absolute atomic E-state index is 12.5. The van der Waals surface area contributed by atoms with Gasteiger partial charge in [-0.25, -0.2) is 0 Å². The number of non-ortho nitro benzene ring substituents is 1. The lowest BCUT2D eigenvalue weighted by atomic mass is 10.1. The standard InChI is InChI=1S/C20H21N5O7/c1-32-18-7-2-14(12-17(18)25(30)31)20(27)21-13-19(26)23-10-8-22(9-11-23)15-3-5-16(6-4-15)24(28)29/h2-7,12H,8-11,13H2,1H3,(H,21,27). The van der Waals surface area contributed by atoms with Gasteiger partial charge in [-0.2, -0.15) is 0 Å². The number of amides is 2. The van der Waals surface area contributed by atoms with Crippen molar-refractivity contribution in [1.29, 1.82) is 0 Å². The molecule has 1 saturated heterocycles. The third-order valence-electron chi connectivity index (χ3n) is 5.10. The van der Waals surface area contributed by atoms with Crippen LogP contribution in [0.1, 0.15) is 10.4 Å². The number of hydrogen-bond donors (Lipinski definition) is 1. The van der Waals surface area contributed by atoms with Crippen LogP contribution >= 0.6 is 0 Å². The highest BCUT2D eigenvalue weighted by Crippen LogP contribution is 2.27. The van der Waals surface area contributed by atoms with Gasteiger partial charge >= 0.3 is 5.69 Å². The lowest BCUT2D eigenvalue weighted by Crippen LogP contribution is -2.51. The normalized spacial score (nSPS) is 13.4. The van der Waals surface area contributed by atoms with Crippen molar-refractivity contribution >= 4 is 28.9 Å². The van der Waals surface area contributed by atoms with Gasteiger partial charge in [0.15, 0.2) is 5.75 Å². The van der Waals surface area contributed by atoms with E-state index in [0.717, 1.165) is 11.8 Å². The molecule has 3 rings (SSSR count). The van der Waals surface area contributed by atoms with E-state index in [1.165, 1.54) is 31.4 Å². The summed E-state index contributed by atoms with van der Waals surface area (Å²) in [5, 5.41) is 24.4. The fourth-order valence-corrected chi connectivity index (χ4v) is 3.34. The molecule has 2 amide bonds. The van der Waals surface area contributed by atoms with Crippen molar-refractivity contribution < 1.29 is 24.2 Å². The Bertz CT molecular complexity index is 1030. The quantitative estimate of drug-likeness (QED) is 0.501. The van der Waals surface area contributed by atoms with Gasteiger partial charge in [0.25, 0.3) is 11.6 Å². The molecule has 12 nitrogen and oxygen atoms in total. The summed E-state index contributed by atoms with van der Waals surface area (Å²) in [7, 11) is 1.29. The molecule has 2 aromatic carbocycles. The second-order valence-corrected chi connectivity index (χ2v) is 6.97. The fraction of sp³-hybridized carbons (Fsp3) is 0.300. The molecule has 0 bridgehead atoms. The summed E-state index contributed by atoms with van der Waals surface area (Å²) in [6.45, 7) is 1.71. The van der Waals surface area contributed by atoms with E-state index in [0.29, 0.717) is 26.2 Å². The van der Waals surface area contributed by atoms with Crippen molar-refractivity contribution in [2.75, 3.05) is 44.7 Å². The van der Waals surface area contributed by atoms with Crippen LogP contribution in [0.3, 0.4) is 0 Å². The number of carbonyl (C=O) groups excluding carboxylic acids is 2. The molecule has 0 unspecified atom stereocenters. The summed E-state index contributed by atoms with van der Waals surface area (Å²) in [6, 6.07) is 10.0. The van der Waals surface area contributed by atoms with E-state index in [4.69, 9.17) is 4.74 Å². The second kappa shape index (κ2) is 9.73. The second-order valence-electron chi connectivity index (χ2n) is 6.97. The van der Waals surface area contributed by atoms with E-state index < -0.39 is 15.8 Å². The molecule has 0 atom stereocenters. The van der Waals surface area contributed by atoms with Crippen LogP contribution in [-0.2, 0) is 4.79 Å². The number of hydrogen-bond acceptors (Lipinski definition) is 8. The number of piperazine rings is 1. The first-order valence-corrected chi connectivity index (χ1v) is 9.68. The van der Waals surface area contributed by atoms with Crippen molar-refractivity contribution in [1.82, 2.24) is 10.2 Å². The van der Waals surface area contributed by atoms with E-state index in [1.54, 1.807) is 17.0 Å². The van der Waals surface area contributed by atoms with Gasteiger partial charge < -0.3 is 19.9 Å². The van der Waals surface area contributed by atoms with Crippen LogP contribution in [-0.4, -0.2) is 66.4 Å². The minimum atomic E-state index is -0.648. The van der Waals surface area contributed by atoms with Gasteiger partial charge in [-0.15, -0.1) is 0 Å². The predicted octanol–water partition coefficient (Wildman–Crippen LogP) is 1.59. The number of nitrogens with zero attached hydrogens (tertiary/aromatic N) is 4. The molecule has 0 aliphatic carbocycles. The molecular weight excluding hydrogens is 422 g/mol. The van der Waals surface area contributed by atoms with Crippen molar-refractivity contribution in [3.8, 4) is 5.75 Å². The molecule has 0 radical (unpaired) electrons. The van der Waals surface area contributed by atoms with Crippen molar-refractivity contribution in [2.24, 2.45) is 0 Å². The van der Waals surface area contributed by atoms with Gasteiger partial charge in [-0.05, 0) is 24.3 Å². The largest absolute Gasteiger partial charge is 0.490 e. The van der Waals surface area contributed by atoms with Crippen molar-refractivity contribution in [3.63, 3.8) is 0 Å². The summed E-state index contributed by atoms with van der Waals surface area (Å²) >= 11 is 0. The Morgan fingerprint density at radius 3 is 2.22 bits per heavy atom. The zero-order chi connectivity index (χ0) is 23.3. The number of rotatable bonds is 7. The van der Waals surface area contributed by atoms with E-state index in [2.05, 4.69) is 5.32 Å². The van der Waals surface area contributed by atoms with E-state index in [1.807, 2.05) is 4.90 Å². The summed E-state index contributed by atoms with van der Waals surface area (Å²) in [5.41, 5.74) is 0.555. The van der Waals surface area contributed by atoms with Gasteiger partial charge in [0, 0.05) is 55.6 Å². The molecule has 1 aliphatic rings. The van der Waals surface area contributed by atoms with Crippen LogP contribution in [0.5, 0.6) is 5.75 Å². The zero-order valence-corrected chi connectivity index (χ0v) is 17.2.